The molecule has 1 unspecified atom stereocenters. The standard InChI is InChI=1S/C15H15F2N3O5S2/c1-9-8-26-14(18-9)13-7-19(4-5-25-13)11-3-2-10(6-12(11)20(21)22)27(23,24)15(16)17/h2-3,6,8,13,15H,4-5,7H2,1H3. The summed E-state index contributed by atoms with van der Waals surface area (Å²) >= 11 is 1.41. The largest absolute Gasteiger partial charge is 0.367 e. The average Bonchev–Trinajstić information content (AvgIpc) is 3.07. The highest BCUT2D eigenvalue weighted by atomic mass is 32.2. The summed E-state index contributed by atoms with van der Waals surface area (Å²) < 4.78 is 54.4. The van der Waals surface area contributed by atoms with E-state index in [1.165, 1.54) is 17.4 Å². The number of morpholine rings is 1. The lowest BCUT2D eigenvalue weighted by Crippen LogP contribution is -2.38. The Bertz CT molecular complexity index is 964. The quantitative estimate of drug-likeness (QED) is 0.542. The Labute approximate surface area is 157 Å². The summed E-state index contributed by atoms with van der Waals surface area (Å²) in [5, 5.41) is 14.0. The number of ether oxygens (including phenoxy) is 1. The lowest BCUT2D eigenvalue weighted by Gasteiger charge is -2.33. The first-order valence-corrected chi connectivity index (χ1v) is 10.2. The number of nitrogens with zero attached hydrogens (tertiary/aromatic N) is 3. The van der Waals surface area contributed by atoms with Crippen LogP contribution in [0.1, 0.15) is 16.8 Å². The van der Waals surface area contributed by atoms with Crippen molar-refractivity contribution in [2.75, 3.05) is 24.6 Å². The van der Waals surface area contributed by atoms with Gasteiger partial charge < -0.3 is 9.64 Å². The topological polar surface area (TPSA) is 103 Å². The summed E-state index contributed by atoms with van der Waals surface area (Å²) in [7, 11) is -4.92. The Balaban J connectivity index is 1.94. The van der Waals surface area contributed by atoms with E-state index in [0.29, 0.717) is 12.6 Å². The van der Waals surface area contributed by atoms with Crippen LogP contribution in [-0.4, -0.2) is 43.8 Å². The molecule has 0 radical (unpaired) electrons. The van der Waals surface area contributed by atoms with Crippen LogP contribution in [0.5, 0.6) is 0 Å². The van der Waals surface area contributed by atoms with Crippen molar-refractivity contribution in [3.05, 3.63) is 44.4 Å². The van der Waals surface area contributed by atoms with Crippen LogP contribution in [0.4, 0.5) is 20.2 Å². The Morgan fingerprint density at radius 2 is 2.19 bits per heavy atom. The molecular formula is C15H15F2N3O5S2. The van der Waals surface area contributed by atoms with Crippen molar-refractivity contribution in [3.8, 4) is 0 Å². The van der Waals surface area contributed by atoms with E-state index >= 15 is 0 Å². The molecule has 0 spiro atoms. The Kier molecular flexibility index (Phi) is 5.40. The third kappa shape index (κ3) is 3.92. The Morgan fingerprint density at radius 3 is 2.78 bits per heavy atom. The molecule has 146 valence electrons. The monoisotopic (exact) mass is 419 g/mol. The number of anilines is 1. The van der Waals surface area contributed by atoms with E-state index in [1.807, 2.05) is 12.3 Å². The minimum Gasteiger partial charge on any atom is -0.367 e. The minimum atomic E-state index is -4.92. The fraction of sp³-hybridized carbons (Fsp3) is 0.400. The number of nitro groups is 1. The van der Waals surface area contributed by atoms with Crippen molar-refractivity contribution in [1.29, 1.82) is 0 Å². The number of benzene rings is 1. The summed E-state index contributed by atoms with van der Waals surface area (Å²) in [6.07, 6.45) is -0.387. The first kappa shape index (κ1) is 19.6. The van der Waals surface area contributed by atoms with Crippen molar-refractivity contribution >= 4 is 32.5 Å². The minimum absolute atomic E-state index is 0.148. The second kappa shape index (κ2) is 7.44. The van der Waals surface area contributed by atoms with Crippen molar-refractivity contribution in [2.45, 2.75) is 23.7 Å². The number of aromatic nitrogens is 1. The Hall–Kier alpha value is -2.18. The van der Waals surface area contributed by atoms with Crippen LogP contribution in [0.25, 0.3) is 0 Å². The molecule has 1 saturated heterocycles. The van der Waals surface area contributed by atoms with Gasteiger partial charge in [-0.15, -0.1) is 11.3 Å². The Morgan fingerprint density at radius 1 is 1.44 bits per heavy atom. The molecule has 3 rings (SSSR count). The maximum atomic E-state index is 12.7. The molecule has 2 heterocycles. The van der Waals surface area contributed by atoms with Gasteiger partial charge in [-0.2, -0.15) is 8.78 Å². The van der Waals surface area contributed by atoms with E-state index in [2.05, 4.69) is 4.98 Å². The third-order valence-electron chi connectivity index (χ3n) is 4.03. The highest BCUT2D eigenvalue weighted by Crippen LogP contribution is 2.35. The number of thiazole rings is 1. The molecule has 27 heavy (non-hydrogen) atoms. The molecule has 12 heteroatoms. The first-order valence-electron chi connectivity index (χ1n) is 7.79. The molecule has 0 bridgehead atoms. The van der Waals surface area contributed by atoms with Crippen LogP contribution >= 0.6 is 11.3 Å². The third-order valence-corrected chi connectivity index (χ3v) is 6.46. The first-order chi connectivity index (χ1) is 12.7. The number of hydrogen-bond donors (Lipinski definition) is 0. The van der Waals surface area contributed by atoms with E-state index < -0.39 is 31.1 Å². The fourth-order valence-electron chi connectivity index (χ4n) is 2.73. The van der Waals surface area contributed by atoms with Crippen LogP contribution in [0.3, 0.4) is 0 Å². The predicted molar refractivity (Wildman–Crippen MR) is 94.0 cm³/mol. The molecule has 0 saturated carbocycles. The van der Waals surface area contributed by atoms with E-state index in [9.17, 15) is 27.3 Å². The van der Waals surface area contributed by atoms with Gasteiger partial charge in [-0.1, -0.05) is 0 Å². The summed E-state index contributed by atoms with van der Waals surface area (Å²) in [4.78, 5) is 15.9. The zero-order valence-electron chi connectivity index (χ0n) is 14.0. The summed E-state index contributed by atoms with van der Waals surface area (Å²) in [5.74, 6) is -3.65. The number of sulfone groups is 1. The molecule has 0 aliphatic carbocycles. The van der Waals surface area contributed by atoms with Crippen molar-refractivity contribution < 1.29 is 26.9 Å². The molecule has 1 fully saturated rings. The number of halogens is 2. The SMILES string of the molecule is Cc1csc(C2CN(c3ccc(S(=O)(=O)C(F)F)cc3[N+](=O)[O-])CCO2)n1. The van der Waals surface area contributed by atoms with Crippen molar-refractivity contribution in [3.63, 3.8) is 0 Å². The summed E-state index contributed by atoms with van der Waals surface area (Å²) in [6, 6.07) is 2.82. The van der Waals surface area contributed by atoms with Gasteiger partial charge in [0.25, 0.3) is 5.69 Å². The molecule has 1 aromatic heterocycles. The van der Waals surface area contributed by atoms with E-state index in [4.69, 9.17) is 4.74 Å². The molecule has 8 nitrogen and oxygen atoms in total. The van der Waals surface area contributed by atoms with Crippen molar-refractivity contribution in [1.82, 2.24) is 4.98 Å². The molecule has 2 aromatic rings. The highest BCUT2D eigenvalue weighted by Gasteiger charge is 2.32. The molecule has 1 aromatic carbocycles. The maximum Gasteiger partial charge on any atom is 0.341 e. The zero-order valence-corrected chi connectivity index (χ0v) is 15.7. The zero-order chi connectivity index (χ0) is 19.8. The number of hydrogen-bond acceptors (Lipinski definition) is 8. The second-order valence-electron chi connectivity index (χ2n) is 5.85. The second-order valence-corrected chi connectivity index (χ2v) is 8.65. The molecule has 0 amide bonds. The molecular weight excluding hydrogens is 404 g/mol. The van der Waals surface area contributed by atoms with E-state index in [1.54, 1.807) is 4.90 Å². The van der Waals surface area contributed by atoms with Gasteiger partial charge in [0, 0.05) is 23.7 Å². The van der Waals surface area contributed by atoms with Gasteiger partial charge in [0.2, 0.25) is 9.84 Å². The number of alkyl halides is 2. The normalized spacial score (nSPS) is 18.1. The number of nitro benzene ring substituents is 1. The summed E-state index contributed by atoms with van der Waals surface area (Å²) in [5.41, 5.74) is 0.436. The van der Waals surface area contributed by atoms with Gasteiger partial charge in [-0.25, -0.2) is 13.4 Å². The lowest BCUT2D eigenvalue weighted by molar-refractivity contribution is -0.384. The molecule has 1 aliphatic heterocycles. The van der Waals surface area contributed by atoms with Gasteiger partial charge in [0.15, 0.2) is 0 Å². The van der Waals surface area contributed by atoms with Crippen LogP contribution in [0, 0.1) is 17.0 Å². The van der Waals surface area contributed by atoms with Crippen LogP contribution in [0.2, 0.25) is 0 Å². The molecule has 1 aliphatic rings. The summed E-state index contributed by atoms with van der Waals surface area (Å²) in [6.45, 7) is 2.74. The van der Waals surface area contributed by atoms with Gasteiger partial charge in [0.1, 0.15) is 16.8 Å². The van der Waals surface area contributed by atoms with E-state index in [-0.39, 0.29) is 24.9 Å². The van der Waals surface area contributed by atoms with E-state index in [0.717, 1.165) is 16.8 Å². The van der Waals surface area contributed by atoms with Gasteiger partial charge in [-0.3, -0.25) is 10.1 Å². The van der Waals surface area contributed by atoms with Crippen molar-refractivity contribution in [2.24, 2.45) is 0 Å². The lowest BCUT2D eigenvalue weighted by atomic mass is 10.2. The number of aryl methyl sites for hydroxylation is 1. The fourth-order valence-corrected chi connectivity index (χ4v) is 4.31. The van der Waals surface area contributed by atoms with Crippen LogP contribution < -0.4 is 4.90 Å². The number of rotatable bonds is 5. The average molecular weight is 419 g/mol. The van der Waals surface area contributed by atoms with Gasteiger partial charge >= 0.3 is 5.76 Å². The highest BCUT2D eigenvalue weighted by molar-refractivity contribution is 7.91. The maximum absolute atomic E-state index is 12.7. The molecule has 0 N–H and O–H groups in total. The van der Waals surface area contributed by atoms with Gasteiger partial charge in [-0.05, 0) is 19.1 Å². The molecule has 1 atom stereocenters. The predicted octanol–water partition coefficient (Wildman–Crippen LogP) is 2.93. The van der Waals surface area contributed by atoms with Crippen LogP contribution in [-0.2, 0) is 14.6 Å². The smallest absolute Gasteiger partial charge is 0.341 e. The van der Waals surface area contributed by atoms with Crippen LogP contribution in [0.15, 0.2) is 28.5 Å². The van der Waals surface area contributed by atoms with Gasteiger partial charge in [0.05, 0.1) is 23.0 Å².